The van der Waals surface area contributed by atoms with Gasteiger partial charge in [0, 0.05) is 24.2 Å². The van der Waals surface area contributed by atoms with Gasteiger partial charge in [0.2, 0.25) is 5.95 Å². The Balaban J connectivity index is 1.86. The van der Waals surface area contributed by atoms with E-state index in [1.165, 1.54) is 6.42 Å². The smallest absolute Gasteiger partial charge is 0.222 e. The summed E-state index contributed by atoms with van der Waals surface area (Å²) >= 11 is 0. The third kappa shape index (κ3) is 4.33. The van der Waals surface area contributed by atoms with E-state index in [2.05, 4.69) is 46.4 Å². The van der Waals surface area contributed by atoms with Gasteiger partial charge in [-0.3, -0.25) is 0 Å². The summed E-state index contributed by atoms with van der Waals surface area (Å²) in [6.07, 6.45) is 6.28. The van der Waals surface area contributed by atoms with Crippen LogP contribution >= 0.6 is 0 Å². The Morgan fingerprint density at radius 1 is 1.38 bits per heavy atom. The fourth-order valence-electron chi connectivity index (χ4n) is 3.23. The van der Waals surface area contributed by atoms with E-state index in [1.54, 1.807) is 13.3 Å². The number of nitrogen functional groups attached to an aromatic ring is 1. The van der Waals surface area contributed by atoms with Crippen LogP contribution in [0, 0.1) is 5.92 Å². The van der Waals surface area contributed by atoms with Crippen LogP contribution in [0.25, 0.3) is 11.0 Å². The molecule has 1 saturated carbocycles. The first-order valence-corrected chi connectivity index (χ1v) is 9.43. The largest absolute Gasteiger partial charge is 0.495 e. The van der Waals surface area contributed by atoms with Crippen molar-refractivity contribution >= 4 is 22.8 Å². The zero-order valence-electron chi connectivity index (χ0n) is 16.2. The van der Waals surface area contributed by atoms with Crippen molar-refractivity contribution in [3.05, 3.63) is 12.3 Å². The molecule has 2 aromatic rings. The zero-order chi connectivity index (χ0) is 18.7. The summed E-state index contributed by atoms with van der Waals surface area (Å²) in [4.78, 5) is 13.2. The molecule has 1 fully saturated rings. The van der Waals surface area contributed by atoms with E-state index in [0.717, 1.165) is 31.7 Å². The standard InChI is InChI=1S/C19H30N6O/c1-5-6-7-19(3,11-22-14-8-12(14)2)25-17-16-15(23-18(20)24-17)9-13(26-4)10-21-16/h9-10,12,14,22H,5-8,11H2,1-4H3,(H3,20,23,24,25). The van der Waals surface area contributed by atoms with Gasteiger partial charge in [0.25, 0.3) is 0 Å². The third-order valence-electron chi connectivity index (χ3n) is 5.13. The normalized spacial score (nSPS) is 21.4. The second-order valence-electron chi connectivity index (χ2n) is 7.66. The van der Waals surface area contributed by atoms with Gasteiger partial charge in [0.05, 0.1) is 13.3 Å². The van der Waals surface area contributed by atoms with Crippen LogP contribution in [0.15, 0.2) is 12.3 Å². The maximum atomic E-state index is 5.94. The molecule has 26 heavy (non-hydrogen) atoms. The minimum absolute atomic E-state index is 0.131. The fraction of sp³-hybridized carbons (Fsp3) is 0.632. The molecule has 2 heterocycles. The predicted octanol–water partition coefficient (Wildman–Crippen LogP) is 2.97. The molecule has 3 rings (SSSR count). The Morgan fingerprint density at radius 2 is 2.15 bits per heavy atom. The number of nitrogens with zero attached hydrogens (tertiary/aromatic N) is 3. The number of anilines is 2. The van der Waals surface area contributed by atoms with Crippen LogP contribution in [0.3, 0.4) is 0 Å². The Bertz CT molecular complexity index is 767. The number of rotatable bonds is 9. The molecule has 7 heteroatoms. The number of nitrogens with one attached hydrogen (secondary N) is 2. The van der Waals surface area contributed by atoms with Crippen molar-refractivity contribution in [2.45, 2.75) is 58.0 Å². The first-order valence-electron chi connectivity index (χ1n) is 9.43. The number of hydrogen-bond donors (Lipinski definition) is 3. The lowest BCUT2D eigenvalue weighted by atomic mass is 9.94. The molecule has 142 valence electrons. The molecule has 0 aromatic carbocycles. The summed E-state index contributed by atoms with van der Waals surface area (Å²) in [5.74, 6) is 2.34. The van der Waals surface area contributed by atoms with E-state index in [1.807, 2.05) is 6.07 Å². The molecule has 0 saturated heterocycles. The van der Waals surface area contributed by atoms with Gasteiger partial charge < -0.3 is 21.1 Å². The molecule has 1 aliphatic carbocycles. The number of hydrogen-bond acceptors (Lipinski definition) is 7. The van der Waals surface area contributed by atoms with Crippen LogP contribution in [0.4, 0.5) is 11.8 Å². The fourth-order valence-corrected chi connectivity index (χ4v) is 3.23. The lowest BCUT2D eigenvalue weighted by Crippen LogP contribution is -2.46. The lowest BCUT2D eigenvalue weighted by molar-refractivity contribution is 0.413. The highest BCUT2D eigenvalue weighted by atomic mass is 16.5. The van der Waals surface area contributed by atoms with Crippen LogP contribution in [0.5, 0.6) is 5.75 Å². The van der Waals surface area contributed by atoms with Crippen LogP contribution in [0.2, 0.25) is 0 Å². The van der Waals surface area contributed by atoms with Crippen molar-refractivity contribution in [3.63, 3.8) is 0 Å². The van der Waals surface area contributed by atoms with Crippen LogP contribution in [-0.4, -0.2) is 40.2 Å². The minimum Gasteiger partial charge on any atom is -0.495 e. The van der Waals surface area contributed by atoms with E-state index >= 15 is 0 Å². The van der Waals surface area contributed by atoms with E-state index in [9.17, 15) is 0 Å². The van der Waals surface area contributed by atoms with Crippen LogP contribution in [0.1, 0.15) is 46.5 Å². The molecule has 0 radical (unpaired) electrons. The molecule has 7 nitrogen and oxygen atoms in total. The molecule has 3 unspecified atom stereocenters. The number of aromatic nitrogens is 3. The van der Waals surface area contributed by atoms with Gasteiger partial charge in [-0.1, -0.05) is 26.7 Å². The summed E-state index contributed by atoms with van der Waals surface area (Å²) in [5.41, 5.74) is 7.20. The first kappa shape index (κ1) is 18.6. The molecule has 4 N–H and O–H groups in total. The van der Waals surface area contributed by atoms with Crippen molar-refractivity contribution in [1.29, 1.82) is 0 Å². The second-order valence-corrected chi connectivity index (χ2v) is 7.66. The Kier molecular flexibility index (Phi) is 5.46. The van der Waals surface area contributed by atoms with Gasteiger partial charge in [-0.25, -0.2) is 9.97 Å². The summed E-state index contributed by atoms with van der Waals surface area (Å²) in [7, 11) is 1.61. The Hall–Kier alpha value is -2.15. The minimum atomic E-state index is -0.131. The number of methoxy groups -OCH3 is 1. The van der Waals surface area contributed by atoms with Gasteiger partial charge in [0.15, 0.2) is 5.82 Å². The van der Waals surface area contributed by atoms with Gasteiger partial charge in [-0.15, -0.1) is 0 Å². The van der Waals surface area contributed by atoms with E-state index in [-0.39, 0.29) is 11.5 Å². The maximum Gasteiger partial charge on any atom is 0.222 e. The number of unbranched alkanes of at least 4 members (excludes halogenated alkanes) is 1. The molecular formula is C19H30N6O. The highest BCUT2D eigenvalue weighted by Crippen LogP contribution is 2.31. The molecule has 0 bridgehead atoms. The topological polar surface area (TPSA) is 98.0 Å². The van der Waals surface area contributed by atoms with Gasteiger partial charge in [-0.05, 0) is 25.7 Å². The Morgan fingerprint density at radius 3 is 2.81 bits per heavy atom. The second kappa shape index (κ2) is 7.61. The van der Waals surface area contributed by atoms with E-state index in [0.29, 0.717) is 28.6 Å². The predicted molar refractivity (Wildman–Crippen MR) is 105 cm³/mol. The van der Waals surface area contributed by atoms with Crippen LogP contribution in [-0.2, 0) is 0 Å². The molecular weight excluding hydrogens is 328 g/mol. The van der Waals surface area contributed by atoms with Crippen molar-refractivity contribution < 1.29 is 4.74 Å². The van der Waals surface area contributed by atoms with Crippen molar-refractivity contribution in [2.24, 2.45) is 5.92 Å². The highest BCUT2D eigenvalue weighted by molar-refractivity contribution is 5.87. The van der Waals surface area contributed by atoms with Crippen LogP contribution < -0.4 is 21.1 Å². The molecule has 3 atom stereocenters. The van der Waals surface area contributed by atoms with Crippen molar-refractivity contribution in [3.8, 4) is 5.75 Å². The molecule has 2 aromatic heterocycles. The zero-order valence-corrected chi connectivity index (χ0v) is 16.2. The number of nitrogens with two attached hydrogens (primary N) is 1. The summed E-state index contributed by atoms with van der Waals surface area (Å²) in [6.45, 7) is 7.60. The van der Waals surface area contributed by atoms with Gasteiger partial charge in [-0.2, -0.15) is 4.98 Å². The monoisotopic (exact) mass is 358 g/mol. The number of ether oxygens (including phenoxy) is 1. The quantitative estimate of drug-likeness (QED) is 0.634. The summed E-state index contributed by atoms with van der Waals surface area (Å²) in [5, 5.41) is 7.29. The summed E-state index contributed by atoms with van der Waals surface area (Å²) in [6, 6.07) is 2.46. The number of pyridine rings is 1. The average Bonchev–Trinajstić information content (AvgIpc) is 3.33. The molecule has 0 amide bonds. The Labute approximate surface area is 155 Å². The van der Waals surface area contributed by atoms with Gasteiger partial charge >= 0.3 is 0 Å². The highest BCUT2D eigenvalue weighted by Gasteiger charge is 2.35. The third-order valence-corrected chi connectivity index (χ3v) is 5.13. The van der Waals surface area contributed by atoms with E-state index in [4.69, 9.17) is 10.5 Å². The lowest BCUT2D eigenvalue weighted by Gasteiger charge is -2.32. The SMILES string of the molecule is CCCCC(C)(CNC1CC1C)Nc1nc(N)nc2cc(OC)cnc12. The average molecular weight is 358 g/mol. The van der Waals surface area contributed by atoms with E-state index < -0.39 is 0 Å². The molecule has 0 aliphatic heterocycles. The first-order chi connectivity index (χ1) is 12.4. The van der Waals surface area contributed by atoms with Gasteiger partial charge in [0.1, 0.15) is 16.8 Å². The molecule has 0 spiro atoms. The number of fused-ring (bicyclic) bond motifs is 1. The molecule has 1 aliphatic rings. The van der Waals surface area contributed by atoms with Crippen molar-refractivity contribution in [1.82, 2.24) is 20.3 Å². The maximum absolute atomic E-state index is 5.94. The summed E-state index contributed by atoms with van der Waals surface area (Å²) < 4.78 is 5.24. The van der Waals surface area contributed by atoms with Crippen molar-refractivity contribution in [2.75, 3.05) is 24.7 Å².